The van der Waals surface area contributed by atoms with Gasteiger partial charge in [-0.15, -0.1) is 0 Å². The Morgan fingerprint density at radius 3 is 2.96 bits per heavy atom. The van der Waals surface area contributed by atoms with Crippen LogP contribution in [-0.4, -0.2) is 41.5 Å². The highest BCUT2D eigenvalue weighted by atomic mass is 16.5. The molecular weight excluding hydrogens is 292 g/mol. The van der Waals surface area contributed by atoms with E-state index < -0.39 is 11.6 Å². The summed E-state index contributed by atoms with van der Waals surface area (Å²) < 4.78 is 7.41. The van der Waals surface area contributed by atoms with E-state index >= 15 is 0 Å². The number of aryl methyl sites for hydroxylation is 2. The standard InChI is InChI=1S/C17H24N4O2/c1-11-6-5-7-12-14(11)21(4)20-15(12)17(2,3)19-16(22)13-10-18-8-9-23-13/h5-7,13,18H,8-10H2,1-4H3,(H,19,22)/t13-/m0/s1. The van der Waals surface area contributed by atoms with Crippen molar-refractivity contribution >= 4 is 16.8 Å². The van der Waals surface area contributed by atoms with Gasteiger partial charge in [-0.1, -0.05) is 18.2 Å². The van der Waals surface area contributed by atoms with Crippen molar-refractivity contribution in [3.63, 3.8) is 0 Å². The monoisotopic (exact) mass is 316 g/mol. The summed E-state index contributed by atoms with van der Waals surface area (Å²) in [7, 11) is 1.94. The lowest BCUT2D eigenvalue weighted by atomic mass is 9.96. The SMILES string of the molecule is Cc1cccc2c(C(C)(C)NC(=O)[C@@H]3CNCCO3)nn(C)c12. The van der Waals surface area contributed by atoms with Crippen LogP contribution in [0.25, 0.3) is 10.9 Å². The van der Waals surface area contributed by atoms with E-state index in [9.17, 15) is 4.79 Å². The number of fused-ring (bicyclic) bond motifs is 1. The normalized spacial score (nSPS) is 19.0. The van der Waals surface area contributed by atoms with Crippen LogP contribution in [0.2, 0.25) is 0 Å². The Kier molecular flexibility index (Phi) is 4.12. The summed E-state index contributed by atoms with van der Waals surface area (Å²) in [5, 5.41) is 12.0. The first kappa shape index (κ1) is 16.0. The Morgan fingerprint density at radius 2 is 2.26 bits per heavy atom. The van der Waals surface area contributed by atoms with Gasteiger partial charge < -0.3 is 15.4 Å². The second kappa shape index (κ2) is 5.94. The van der Waals surface area contributed by atoms with E-state index in [1.165, 1.54) is 5.56 Å². The number of morpholine rings is 1. The van der Waals surface area contributed by atoms with Gasteiger partial charge in [0.25, 0.3) is 5.91 Å². The average Bonchev–Trinajstić information content (AvgIpc) is 2.87. The second-order valence-corrected chi connectivity index (χ2v) is 6.62. The minimum atomic E-state index is -0.578. The lowest BCUT2D eigenvalue weighted by Crippen LogP contribution is -2.52. The zero-order chi connectivity index (χ0) is 16.6. The van der Waals surface area contributed by atoms with Crippen LogP contribution < -0.4 is 10.6 Å². The fourth-order valence-corrected chi connectivity index (χ4v) is 3.18. The molecule has 1 aliphatic rings. The zero-order valence-electron chi connectivity index (χ0n) is 14.1. The van der Waals surface area contributed by atoms with Gasteiger partial charge in [-0.05, 0) is 26.3 Å². The van der Waals surface area contributed by atoms with Crippen LogP contribution in [0, 0.1) is 6.92 Å². The minimum absolute atomic E-state index is 0.103. The van der Waals surface area contributed by atoms with Crippen molar-refractivity contribution in [2.24, 2.45) is 7.05 Å². The first-order valence-corrected chi connectivity index (χ1v) is 7.97. The number of para-hydroxylation sites is 1. The molecule has 2 aromatic rings. The molecule has 2 heterocycles. The molecule has 6 heteroatoms. The summed E-state index contributed by atoms with van der Waals surface area (Å²) in [6.45, 7) is 7.92. The van der Waals surface area contributed by atoms with E-state index in [1.807, 2.05) is 31.6 Å². The number of carbonyl (C=O) groups is 1. The third-order valence-electron chi connectivity index (χ3n) is 4.31. The van der Waals surface area contributed by atoms with E-state index in [2.05, 4.69) is 34.8 Å². The lowest BCUT2D eigenvalue weighted by molar-refractivity contribution is -0.136. The smallest absolute Gasteiger partial charge is 0.251 e. The van der Waals surface area contributed by atoms with Gasteiger partial charge >= 0.3 is 0 Å². The minimum Gasteiger partial charge on any atom is -0.366 e. The molecule has 0 bridgehead atoms. The number of hydrogen-bond acceptors (Lipinski definition) is 4. The molecule has 0 aliphatic carbocycles. The van der Waals surface area contributed by atoms with Gasteiger partial charge in [-0.3, -0.25) is 9.48 Å². The van der Waals surface area contributed by atoms with Crippen LogP contribution in [0.15, 0.2) is 18.2 Å². The Labute approximate surface area is 136 Å². The van der Waals surface area contributed by atoms with Gasteiger partial charge in [0.2, 0.25) is 0 Å². The van der Waals surface area contributed by atoms with Crippen LogP contribution >= 0.6 is 0 Å². The topological polar surface area (TPSA) is 68.2 Å². The van der Waals surface area contributed by atoms with Gasteiger partial charge in [-0.25, -0.2) is 0 Å². The highest BCUT2D eigenvalue weighted by molar-refractivity contribution is 5.87. The van der Waals surface area contributed by atoms with Crippen molar-refractivity contribution in [2.45, 2.75) is 32.4 Å². The highest BCUT2D eigenvalue weighted by Gasteiger charge is 2.32. The predicted molar refractivity (Wildman–Crippen MR) is 89.2 cm³/mol. The third-order valence-corrected chi connectivity index (χ3v) is 4.31. The molecule has 1 atom stereocenters. The van der Waals surface area contributed by atoms with Gasteiger partial charge in [-0.2, -0.15) is 5.10 Å². The summed E-state index contributed by atoms with van der Waals surface area (Å²) in [6, 6.07) is 6.15. The van der Waals surface area contributed by atoms with Gasteiger partial charge in [0.15, 0.2) is 0 Å². The van der Waals surface area contributed by atoms with Crippen molar-refractivity contribution in [1.82, 2.24) is 20.4 Å². The number of benzene rings is 1. The fourth-order valence-electron chi connectivity index (χ4n) is 3.18. The largest absolute Gasteiger partial charge is 0.366 e. The maximum atomic E-state index is 12.5. The summed E-state index contributed by atoms with van der Waals surface area (Å²) in [4.78, 5) is 12.5. The maximum Gasteiger partial charge on any atom is 0.251 e. The number of nitrogens with zero attached hydrogens (tertiary/aromatic N) is 2. The fraction of sp³-hybridized carbons (Fsp3) is 0.529. The first-order chi connectivity index (χ1) is 10.9. The van der Waals surface area contributed by atoms with E-state index in [1.54, 1.807) is 0 Å². The number of ether oxygens (including phenoxy) is 1. The molecular formula is C17H24N4O2. The number of nitrogens with one attached hydrogen (secondary N) is 2. The molecule has 1 saturated heterocycles. The zero-order valence-corrected chi connectivity index (χ0v) is 14.1. The van der Waals surface area contributed by atoms with E-state index in [0.29, 0.717) is 13.2 Å². The molecule has 3 rings (SSSR count). The van der Waals surface area contributed by atoms with Crippen LogP contribution in [-0.2, 0) is 22.1 Å². The van der Waals surface area contributed by atoms with E-state index in [0.717, 1.165) is 23.1 Å². The maximum absolute atomic E-state index is 12.5. The molecule has 0 radical (unpaired) electrons. The number of hydrogen-bond donors (Lipinski definition) is 2. The number of aromatic nitrogens is 2. The summed E-state index contributed by atoms with van der Waals surface area (Å²) in [5.74, 6) is -0.103. The molecule has 1 amide bonds. The predicted octanol–water partition coefficient (Wildman–Crippen LogP) is 1.22. The Bertz CT molecular complexity index is 730. The van der Waals surface area contributed by atoms with Crippen LogP contribution in [0.1, 0.15) is 25.1 Å². The second-order valence-electron chi connectivity index (χ2n) is 6.62. The summed E-state index contributed by atoms with van der Waals surface area (Å²) in [6.07, 6.45) is -0.445. The molecule has 0 spiro atoms. The molecule has 1 aromatic carbocycles. The molecule has 6 nitrogen and oxygen atoms in total. The van der Waals surface area contributed by atoms with Crippen molar-refractivity contribution in [1.29, 1.82) is 0 Å². The Morgan fingerprint density at radius 1 is 1.48 bits per heavy atom. The van der Waals surface area contributed by atoms with Crippen LogP contribution in [0.3, 0.4) is 0 Å². The molecule has 124 valence electrons. The van der Waals surface area contributed by atoms with Gasteiger partial charge in [0.1, 0.15) is 6.10 Å². The molecule has 1 fully saturated rings. The third kappa shape index (κ3) is 2.96. The van der Waals surface area contributed by atoms with Crippen LogP contribution in [0.4, 0.5) is 0 Å². The van der Waals surface area contributed by atoms with E-state index in [4.69, 9.17) is 4.74 Å². The molecule has 2 N–H and O–H groups in total. The van der Waals surface area contributed by atoms with Crippen LogP contribution in [0.5, 0.6) is 0 Å². The molecule has 23 heavy (non-hydrogen) atoms. The quantitative estimate of drug-likeness (QED) is 0.893. The molecule has 0 saturated carbocycles. The number of rotatable bonds is 3. The number of carbonyl (C=O) groups excluding carboxylic acids is 1. The van der Waals surface area contributed by atoms with Crippen molar-refractivity contribution in [2.75, 3.05) is 19.7 Å². The van der Waals surface area contributed by atoms with E-state index in [-0.39, 0.29) is 5.91 Å². The Balaban J connectivity index is 1.90. The van der Waals surface area contributed by atoms with Crippen molar-refractivity contribution in [3.8, 4) is 0 Å². The van der Waals surface area contributed by atoms with Crippen molar-refractivity contribution < 1.29 is 9.53 Å². The van der Waals surface area contributed by atoms with Crippen molar-refractivity contribution in [3.05, 3.63) is 29.5 Å². The Hall–Kier alpha value is -1.92. The molecule has 0 unspecified atom stereocenters. The highest BCUT2D eigenvalue weighted by Crippen LogP contribution is 2.29. The molecule has 1 aromatic heterocycles. The first-order valence-electron chi connectivity index (χ1n) is 7.97. The van der Waals surface area contributed by atoms with Gasteiger partial charge in [0.05, 0.1) is 23.4 Å². The lowest BCUT2D eigenvalue weighted by Gasteiger charge is -2.29. The summed E-state index contributed by atoms with van der Waals surface area (Å²) >= 11 is 0. The summed E-state index contributed by atoms with van der Waals surface area (Å²) in [5.41, 5.74) is 2.56. The number of amides is 1. The molecule has 1 aliphatic heterocycles. The average molecular weight is 316 g/mol. The van der Waals surface area contributed by atoms with Gasteiger partial charge in [0, 0.05) is 25.5 Å².